The maximum absolute atomic E-state index is 7.40. The number of likely N-dealkylation sites (tertiary alicyclic amines) is 1. The first kappa shape index (κ1) is 22.7. The van der Waals surface area contributed by atoms with Crippen molar-refractivity contribution in [3.8, 4) is 0 Å². The smallest absolute Gasteiger partial charge is 0.172 e. The molecule has 0 bridgehead atoms. The summed E-state index contributed by atoms with van der Waals surface area (Å²) in [4.78, 5) is 5.10. The lowest BCUT2D eigenvalue weighted by Gasteiger charge is -2.60. The molecule has 3 aliphatic heterocycles. The van der Waals surface area contributed by atoms with Gasteiger partial charge >= 0.3 is 0 Å². The fourth-order valence-electron chi connectivity index (χ4n) is 10.3. The number of nitrogens with zero attached hydrogens (tertiary/aromatic N) is 2. The van der Waals surface area contributed by atoms with E-state index in [-0.39, 0.29) is 17.1 Å². The Morgan fingerprint density at radius 3 is 2.38 bits per heavy atom. The van der Waals surface area contributed by atoms with Crippen LogP contribution < -0.4 is 0 Å². The highest BCUT2D eigenvalue weighted by Crippen LogP contribution is 2.70. The van der Waals surface area contributed by atoms with E-state index in [2.05, 4.69) is 43.8 Å². The van der Waals surface area contributed by atoms with Crippen LogP contribution in [0.4, 0.5) is 0 Å². The molecule has 5 heteroatoms. The lowest BCUT2D eigenvalue weighted by molar-refractivity contribution is -0.207. The molecule has 6 atom stereocenters. The van der Waals surface area contributed by atoms with Gasteiger partial charge in [-0.05, 0) is 75.8 Å². The third-order valence-electron chi connectivity index (χ3n) is 12.6. The van der Waals surface area contributed by atoms with Gasteiger partial charge in [-0.15, -0.1) is 0 Å². The summed E-state index contributed by atoms with van der Waals surface area (Å²) < 4.78 is 19.7. The predicted molar refractivity (Wildman–Crippen MR) is 132 cm³/mol. The topological polar surface area (TPSA) is 34.2 Å². The summed E-state index contributed by atoms with van der Waals surface area (Å²) in [5, 5.41) is 0. The summed E-state index contributed by atoms with van der Waals surface area (Å²) in [6.07, 6.45) is 14.8. The van der Waals surface area contributed by atoms with E-state index in [0.717, 1.165) is 76.3 Å². The van der Waals surface area contributed by atoms with E-state index in [4.69, 9.17) is 14.2 Å². The largest absolute Gasteiger partial charge is 0.352 e. The van der Waals surface area contributed by atoms with Crippen molar-refractivity contribution in [2.45, 2.75) is 95.2 Å². The highest BCUT2D eigenvalue weighted by molar-refractivity contribution is 5.28. The van der Waals surface area contributed by atoms with Gasteiger partial charge in [0.15, 0.2) is 5.79 Å². The van der Waals surface area contributed by atoms with E-state index >= 15 is 0 Å². The fourth-order valence-corrected chi connectivity index (χ4v) is 10.3. The Kier molecular flexibility index (Phi) is 4.88. The molecule has 3 saturated heterocycles. The number of allylic oxidation sites excluding steroid dienone is 1. The van der Waals surface area contributed by atoms with Gasteiger partial charge in [0.1, 0.15) is 5.72 Å². The summed E-state index contributed by atoms with van der Waals surface area (Å²) in [6.45, 7) is 10.2. The van der Waals surface area contributed by atoms with Gasteiger partial charge in [-0.25, -0.2) is 0 Å². The van der Waals surface area contributed by atoms with Gasteiger partial charge in [0.25, 0.3) is 0 Å². The highest BCUT2D eigenvalue weighted by Gasteiger charge is 2.69. The molecule has 190 valence electrons. The quantitative estimate of drug-likeness (QED) is 0.475. The minimum Gasteiger partial charge on any atom is -0.352 e. The van der Waals surface area contributed by atoms with Crippen LogP contribution in [-0.4, -0.2) is 73.9 Å². The van der Waals surface area contributed by atoms with Crippen LogP contribution in [0.15, 0.2) is 11.6 Å². The van der Waals surface area contributed by atoms with E-state index in [1.54, 1.807) is 5.57 Å². The monoisotopic (exact) mass is 470 g/mol. The molecule has 34 heavy (non-hydrogen) atoms. The SMILES string of the molecule is CN1CCC2(CC1)O[C@@]1(CC[C@H]3[C@@H]4CC=C5CC6(CC[C@]5(C)[C@H]4CC[C@@]31C)OCCO6)CN2C. The van der Waals surface area contributed by atoms with Crippen LogP contribution in [0, 0.1) is 28.6 Å². The van der Waals surface area contributed by atoms with Crippen LogP contribution in [0.2, 0.25) is 0 Å². The van der Waals surface area contributed by atoms with Crippen molar-refractivity contribution in [2.75, 3.05) is 46.9 Å². The first-order chi connectivity index (χ1) is 16.2. The van der Waals surface area contributed by atoms with Crippen molar-refractivity contribution in [3.05, 3.63) is 11.6 Å². The zero-order chi connectivity index (χ0) is 23.4. The Bertz CT molecular complexity index is 875. The van der Waals surface area contributed by atoms with Gasteiger partial charge in [0.2, 0.25) is 0 Å². The minimum atomic E-state index is -0.302. The molecule has 0 radical (unpaired) electrons. The highest BCUT2D eigenvalue weighted by atomic mass is 16.7. The van der Waals surface area contributed by atoms with Crippen LogP contribution in [0.25, 0.3) is 0 Å². The molecule has 3 saturated carbocycles. The van der Waals surface area contributed by atoms with E-state index < -0.39 is 0 Å². The molecule has 6 fully saturated rings. The maximum Gasteiger partial charge on any atom is 0.172 e. The molecule has 7 aliphatic rings. The van der Waals surface area contributed by atoms with E-state index in [1.807, 2.05) is 0 Å². The van der Waals surface area contributed by atoms with Crippen molar-refractivity contribution in [2.24, 2.45) is 28.6 Å². The van der Waals surface area contributed by atoms with E-state index in [9.17, 15) is 0 Å². The van der Waals surface area contributed by atoms with Crippen LogP contribution in [0.3, 0.4) is 0 Å². The second kappa shape index (κ2) is 7.31. The Morgan fingerprint density at radius 1 is 0.882 bits per heavy atom. The normalized spacial score (nSPS) is 49.9. The van der Waals surface area contributed by atoms with E-state index in [1.165, 1.54) is 38.5 Å². The number of piperidine rings is 1. The van der Waals surface area contributed by atoms with E-state index in [0.29, 0.717) is 10.8 Å². The average molecular weight is 471 g/mol. The Balaban J connectivity index is 1.16. The molecule has 0 aromatic heterocycles. The standard InChI is InChI=1S/C29H46N2O3/c1-25-11-12-29(32-17-18-33-29)19-21(25)5-6-22-23(25)7-9-26(2)24(22)8-10-27(26)20-31(4)28(34-27)13-15-30(3)16-14-28/h5,22-24H,6-20H2,1-4H3/t22-,23+,24+,25+,26+,27+/m1/s1. The Hall–Kier alpha value is -0.460. The lowest BCUT2D eigenvalue weighted by Crippen LogP contribution is -2.57. The van der Waals surface area contributed by atoms with Crippen molar-refractivity contribution < 1.29 is 14.2 Å². The fraction of sp³-hybridized carbons (Fsp3) is 0.931. The molecule has 7 rings (SSSR count). The van der Waals surface area contributed by atoms with Crippen LogP contribution in [-0.2, 0) is 14.2 Å². The molecular formula is C29H46N2O3. The molecule has 0 aromatic carbocycles. The molecule has 3 spiro atoms. The maximum atomic E-state index is 7.40. The summed E-state index contributed by atoms with van der Waals surface area (Å²) in [5.41, 5.74) is 2.33. The second-order valence-electron chi connectivity index (χ2n) is 13.7. The van der Waals surface area contributed by atoms with Gasteiger partial charge < -0.3 is 19.1 Å². The van der Waals surface area contributed by atoms with Crippen molar-refractivity contribution in [1.82, 2.24) is 9.80 Å². The first-order valence-electron chi connectivity index (χ1n) is 14.3. The number of ether oxygens (including phenoxy) is 3. The Labute approximate surface area is 206 Å². The minimum absolute atomic E-state index is 0.0220. The molecule has 5 nitrogen and oxygen atoms in total. The lowest BCUT2D eigenvalue weighted by atomic mass is 9.46. The van der Waals surface area contributed by atoms with Gasteiger partial charge in [0, 0.05) is 50.7 Å². The second-order valence-corrected chi connectivity index (χ2v) is 13.7. The molecule has 0 unspecified atom stereocenters. The summed E-state index contributed by atoms with van der Waals surface area (Å²) in [7, 11) is 4.61. The van der Waals surface area contributed by atoms with Gasteiger partial charge in [-0.3, -0.25) is 4.90 Å². The molecule has 3 heterocycles. The van der Waals surface area contributed by atoms with Gasteiger partial charge in [0.05, 0.1) is 18.8 Å². The Morgan fingerprint density at radius 2 is 1.62 bits per heavy atom. The van der Waals surface area contributed by atoms with Crippen molar-refractivity contribution in [1.29, 1.82) is 0 Å². The third-order valence-corrected chi connectivity index (χ3v) is 12.6. The zero-order valence-electron chi connectivity index (χ0n) is 22.0. The van der Waals surface area contributed by atoms with Gasteiger partial charge in [-0.1, -0.05) is 25.5 Å². The number of rotatable bonds is 0. The van der Waals surface area contributed by atoms with Crippen molar-refractivity contribution in [3.63, 3.8) is 0 Å². The predicted octanol–water partition coefficient (Wildman–Crippen LogP) is 4.82. The van der Waals surface area contributed by atoms with Crippen molar-refractivity contribution >= 4 is 0 Å². The molecular weight excluding hydrogens is 424 g/mol. The third kappa shape index (κ3) is 2.85. The van der Waals surface area contributed by atoms with Crippen LogP contribution >= 0.6 is 0 Å². The van der Waals surface area contributed by atoms with Crippen LogP contribution in [0.1, 0.15) is 78.1 Å². The molecule has 4 aliphatic carbocycles. The number of fused-ring (bicyclic) bond motifs is 6. The molecule has 0 aromatic rings. The zero-order valence-corrected chi connectivity index (χ0v) is 22.0. The number of hydrogen-bond acceptors (Lipinski definition) is 5. The van der Waals surface area contributed by atoms with Crippen LogP contribution in [0.5, 0.6) is 0 Å². The first-order valence-corrected chi connectivity index (χ1v) is 14.3. The average Bonchev–Trinajstić information content (AvgIpc) is 3.47. The molecule has 0 amide bonds. The van der Waals surface area contributed by atoms with Gasteiger partial charge in [-0.2, -0.15) is 0 Å². The summed E-state index contributed by atoms with van der Waals surface area (Å²) >= 11 is 0. The number of hydrogen-bond donors (Lipinski definition) is 0. The number of likely N-dealkylation sites (N-methyl/N-ethyl adjacent to an activating group) is 1. The summed E-state index contributed by atoms with van der Waals surface area (Å²) in [6, 6.07) is 0. The summed E-state index contributed by atoms with van der Waals surface area (Å²) in [5.74, 6) is 2.12. The molecule has 0 N–H and O–H groups in total.